The van der Waals surface area contributed by atoms with E-state index in [1.165, 1.54) is 12.1 Å². The number of carbonyl (C=O) groups excluding carboxylic acids is 1. The third-order valence-corrected chi connectivity index (χ3v) is 3.61. The van der Waals surface area contributed by atoms with E-state index in [0.29, 0.717) is 0 Å². The molecule has 0 heterocycles. The van der Waals surface area contributed by atoms with Gasteiger partial charge in [0.05, 0.1) is 5.97 Å². The molecule has 0 aliphatic carbocycles. The maximum atomic E-state index is 13.8. The van der Waals surface area contributed by atoms with Crippen molar-refractivity contribution >= 4 is 16.1 Å². The molecule has 0 N–H and O–H groups in total. The van der Waals surface area contributed by atoms with E-state index < -0.39 is 61.3 Å². The Kier molecular flexibility index (Phi) is 4.49. The van der Waals surface area contributed by atoms with Crippen molar-refractivity contribution in [3.63, 3.8) is 0 Å². The van der Waals surface area contributed by atoms with Crippen LogP contribution in [0.15, 0.2) is 29.2 Å². The molecule has 0 radical (unpaired) electrons. The topological polar surface area (TPSA) is 107 Å². The molecule has 0 fully saturated rings. The first-order chi connectivity index (χ1) is 11.1. The average Bonchev–Trinajstić information content (AvgIpc) is 2.48. The summed E-state index contributed by atoms with van der Waals surface area (Å²) in [7, 11) is -5.86. The monoisotopic (exact) mass is 364 g/mol. The van der Waals surface area contributed by atoms with Gasteiger partial charge in [-0.25, -0.2) is 17.2 Å². The fourth-order valence-corrected chi connectivity index (χ4v) is 2.35. The van der Waals surface area contributed by atoms with Crippen LogP contribution in [0.1, 0.15) is 10.4 Å². The molecule has 0 spiro atoms. The molecule has 128 valence electrons. The number of aromatic carboxylic acids is 1. The van der Waals surface area contributed by atoms with Crippen LogP contribution in [-0.2, 0) is 10.1 Å². The number of hydrogen-bond donors (Lipinski definition) is 0. The minimum absolute atomic E-state index is 0.697. The number of rotatable bonds is 4. The Balaban J connectivity index is 2.69. The number of ether oxygens (including phenoxy) is 1. The fourth-order valence-electron chi connectivity index (χ4n) is 1.73. The molecule has 0 amide bonds. The maximum absolute atomic E-state index is 13.8. The Morgan fingerprint density at radius 1 is 0.958 bits per heavy atom. The number of carboxylic acid groups (broad SMARTS) is 1. The molecule has 6 nitrogen and oxygen atoms in total. The molecule has 0 aliphatic heterocycles. The van der Waals surface area contributed by atoms with Crippen LogP contribution in [0, 0.1) is 23.3 Å². The third kappa shape index (κ3) is 3.03. The summed E-state index contributed by atoms with van der Waals surface area (Å²) in [5, 5.41) is 10.9. The van der Waals surface area contributed by atoms with Gasteiger partial charge in [0.15, 0.2) is 11.6 Å². The van der Waals surface area contributed by atoms with E-state index >= 15 is 0 Å². The minimum Gasteiger partial charge on any atom is -0.744 e. The van der Waals surface area contributed by atoms with E-state index in [1.807, 2.05) is 0 Å². The maximum Gasteiger partial charge on any atom is 0.205 e. The molecule has 0 atom stereocenters. The fraction of sp³-hybridized carbons (Fsp3) is 0. The predicted octanol–water partition coefficient (Wildman–Crippen LogP) is 1.30. The second kappa shape index (κ2) is 6.09. The Morgan fingerprint density at radius 3 is 1.92 bits per heavy atom. The molecule has 0 bridgehead atoms. The molecule has 0 unspecified atom stereocenters. The van der Waals surface area contributed by atoms with Crippen molar-refractivity contribution in [1.29, 1.82) is 0 Å². The van der Waals surface area contributed by atoms with Crippen molar-refractivity contribution in [3.8, 4) is 11.5 Å². The quantitative estimate of drug-likeness (QED) is 0.460. The summed E-state index contributed by atoms with van der Waals surface area (Å²) in [6, 6.07) is 4.21. The first kappa shape index (κ1) is 17.7. The molecule has 2 aromatic carbocycles. The highest BCUT2D eigenvalue weighted by molar-refractivity contribution is 7.85. The van der Waals surface area contributed by atoms with Crippen molar-refractivity contribution < 1.29 is 45.2 Å². The SMILES string of the molecule is O=C([O-])c1ccccc1Oc1c(F)c(F)c(S(=O)(=O)[O-])c(F)c1F. The molecule has 24 heavy (non-hydrogen) atoms. The Labute approximate surface area is 131 Å². The van der Waals surface area contributed by atoms with Gasteiger partial charge in [0.25, 0.3) is 0 Å². The van der Waals surface area contributed by atoms with Crippen LogP contribution in [0.25, 0.3) is 0 Å². The normalized spacial score (nSPS) is 11.4. The summed E-state index contributed by atoms with van der Waals surface area (Å²) in [5.41, 5.74) is -0.697. The molecular weight excluding hydrogens is 360 g/mol. The van der Waals surface area contributed by atoms with E-state index in [2.05, 4.69) is 4.74 Å². The van der Waals surface area contributed by atoms with Gasteiger partial charge in [-0.15, -0.1) is 0 Å². The third-order valence-electron chi connectivity index (χ3n) is 2.75. The van der Waals surface area contributed by atoms with E-state index in [4.69, 9.17) is 0 Å². The standard InChI is InChI=1S/C13H6F4O6S/c14-7-9(16)12(24(20,21)22)10(17)8(15)11(7)23-6-4-2-1-3-5(6)13(18)19/h1-4H,(H,18,19)(H,20,21,22)/p-2. The number of carbonyl (C=O) groups is 1. The van der Waals surface area contributed by atoms with Gasteiger partial charge < -0.3 is 19.2 Å². The van der Waals surface area contributed by atoms with Gasteiger partial charge in [0.1, 0.15) is 20.8 Å². The molecule has 11 heteroatoms. The zero-order valence-electron chi connectivity index (χ0n) is 11.2. The highest BCUT2D eigenvalue weighted by Crippen LogP contribution is 2.35. The van der Waals surface area contributed by atoms with E-state index in [-0.39, 0.29) is 0 Å². The first-order valence-electron chi connectivity index (χ1n) is 5.85. The lowest BCUT2D eigenvalue weighted by Gasteiger charge is -2.16. The Bertz CT molecular complexity index is 913. The molecule has 2 aromatic rings. The number of para-hydroxylation sites is 1. The molecule has 2 rings (SSSR count). The van der Waals surface area contributed by atoms with E-state index in [1.54, 1.807) is 0 Å². The summed E-state index contributed by atoms with van der Waals surface area (Å²) in [6.07, 6.45) is 0. The minimum atomic E-state index is -5.86. The van der Waals surface area contributed by atoms with Gasteiger partial charge in [-0.05, 0) is 12.1 Å². The number of benzene rings is 2. The second-order valence-corrected chi connectivity index (χ2v) is 5.57. The van der Waals surface area contributed by atoms with Crippen molar-refractivity contribution in [1.82, 2.24) is 0 Å². The summed E-state index contributed by atoms with van der Waals surface area (Å²) in [4.78, 5) is 8.50. The summed E-state index contributed by atoms with van der Waals surface area (Å²) in [6.45, 7) is 0. The lowest BCUT2D eigenvalue weighted by atomic mass is 10.2. The highest BCUT2D eigenvalue weighted by atomic mass is 32.2. The second-order valence-electron chi connectivity index (χ2n) is 4.25. The first-order valence-corrected chi connectivity index (χ1v) is 7.26. The van der Waals surface area contributed by atoms with Gasteiger partial charge >= 0.3 is 0 Å². The zero-order valence-corrected chi connectivity index (χ0v) is 12.0. The van der Waals surface area contributed by atoms with Crippen molar-refractivity contribution in [2.75, 3.05) is 0 Å². The van der Waals surface area contributed by atoms with Gasteiger partial charge in [-0.3, -0.25) is 0 Å². The smallest absolute Gasteiger partial charge is 0.205 e. The molecule has 0 aromatic heterocycles. The largest absolute Gasteiger partial charge is 0.744 e. The highest BCUT2D eigenvalue weighted by Gasteiger charge is 2.30. The lowest BCUT2D eigenvalue weighted by molar-refractivity contribution is -0.255. The summed E-state index contributed by atoms with van der Waals surface area (Å²) < 4.78 is 91.3. The lowest BCUT2D eigenvalue weighted by Crippen LogP contribution is -2.22. The molecule has 0 saturated carbocycles. The van der Waals surface area contributed by atoms with Gasteiger partial charge in [-0.1, -0.05) is 12.1 Å². The summed E-state index contributed by atoms with van der Waals surface area (Å²) >= 11 is 0. The van der Waals surface area contributed by atoms with Crippen LogP contribution in [0.2, 0.25) is 0 Å². The van der Waals surface area contributed by atoms with Crippen LogP contribution in [0.4, 0.5) is 17.6 Å². The van der Waals surface area contributed by atoms with Crippen molar-refractivity contribution in [3.05, 3.63) is 53.1 Å². The molecular formula is C13H4F4O6S-2. The van der Waals surface area contributed by atoms with Crippen molar-refractivity contribution in [2.24, 2.45) is 0 Å². The Morgan fingerprint density at radius 2 is 1.46 bits per heavy atom. The molecule has 0 aliphatic rings. The van der Waals surface area contributed by atoms with Gasteiger partial charge in [0.2, 0.25) is 17.4 Å². The predicted molar refractivity (Wildman–Crippen MR) is 65.1 cm³/mol. The number of halogens is 4. The Hall–Kier alpha value is -2.66. The van der Waals surface area contributed by atoms with Crippen LogP contribution in [0.5, 0.6) is 11.5 Å². The van der Waals surface area contributed by atoms with E-state index in [0.717, 1.165) is 12.1 Å². The zero-order chi connectivity index (χ0) is 18.2. The van der Waals surface area contributed by atoms with Crippen LogP contribution in [-0.4, -0.2) is 18.9 Å². The van der Waals surface area contributed by atoms with Gasteiger partial charge in [-0.2, -0.15) is 8.78 Å². The van der Waals surface area contributed by atoms with Crippen LogP contribution >= 0.6 is 0 Å². The van der Waals surface area contributed by atoms with Crippen LogP contribution in [0.3, 0.4) is 0 Å². The van der Waals surface area contributed by atoms with E-state index in [9.17, 15) is 40.4 Å². The van der Waals surface area contributed by atoms with Crippen LogP contribution < -0.4 is 9.84 Å². The number of carboxylic acids is 1. The van der Waals surface area contributed by atoms with Crippen molar-refractivity contribution in [2.45, 2.75) is 4.90 Å². The molecule has 0 saturated heterocycles. The summed E-state index contributed by atoms with van der Waals surface area (Å²) in [5.74, 6) is -13.9. The average molecular weight is 364 g/mol. The van der Waals surface area contributed by atoms with Gasteiger partial charge in [0, 0.05) is 5.56 Å². The number of hydrogen-bond acceptors (Lipinski definition) is 6.